The first-order chi connectivity index (χ1) is 8.76. The normalized spacial score (nSPS) is 10.3. The smallest absolute Gasteiger partial charge is 0.150 e. The Labute approximate surface area is 105 Å². The molecular formula is C15H13FO2. The van der Waals surface area contributed by atoms with Crippen molar-refractivity contribution in [3.05, 3.63) is 59.4 Å². The summed E-state index contributed by atoms with van der Waals surface area (Å²) in [4.78, 5) is 10.8. The first-order valence-electron chi connectivity index (χ1n) is 5.58. The van der Waals surface area contributed by atoms with Crippen LogP contribution in [0.4, 0.5) is 4.39 Å². The van der Waals surface area contributed by atoms with Crippen molar-refractivity contribution in [2.75, 3.05) is 7.11 Å². The van der Waals surface area contributed by atoms with Crippen LogP contribution in [0.25, 0.3) is 11.1 Å². The minimum Gasteiger partial charge on any atom is -0.380 e. The van der Waals surface area contributed by atoms with Gasteiger partial charge in [-0.05, 0) is 23.3 Å². The van der Waals surface area contributed by atoms with Crippen molar-refractivity contribution < 1.29 is 13.9 Å². The number of methoxy groups -OCH3 is 1. The van der Waals surface area contributed by atoms with Crippen LogP contribution in [0.15, 0.2) is 42.5 Å². The second-order valence-corrected chi connectivity index (χ2v) is 3.95. The van der Waals surface area contributed by atoms with E-state index in [1.165, 1.54) is 6.07 Å². The Balaban J connectivity index is 2.59. The Morgan fingerprint density at radius 3 is 2.61 bits per heavy atom. The number of halogens is 1. The lowest BCUT2D eigenvalue weighted by molar-refractivity contribution is 0.112. The fraction of sp³-hybridized carbons (Fsp3) is 0.133. The van der Waals surface area contributed by atoms with Crippen LogP contribution in [0.5, 0.6) is 0 Å². The summed E-state index contributed by atoms with van der Waals surface area (Å²) in [5.74, 6) is -0.307. The van der Waals surface area contributed by atoms with Crippen LogP contribution >= 0.6 is 0 Å². The minimum atomic E-state index is -0.307. The molecule has 0 aliphatic heterocycles. The molecule has 0 N–H and O–H groups in total. The maximum absolute atomic E-state index is 13.8. The first kappa shape index (κ1) is 12.5. The molecule has 0 saturated carbocycles. The molecule has 0 amide bonds. The van der Waals surface area contributed by atoms with Gasteiger partial charge in [-0.25, -0.2) is 4.39 Å². The van der Waals surface area contributed by atoms with E-state index in [1.807, 2.05) is 0 Å². The molecule has 2 nitrogen and oxygen atoms in total. The summed E-state index contributed by atoms with van der Waals surface area (Å²) in [6.07, 6.45) is 0.751. The molecule has 2 aromatic carbocycles. The van der Waals surface area contributed by atoms with Gasteiger partial charge in [-0.3, -0.25) is 4.79 Å². The van der Waals surface area contributed by atoms with Crippen molar-refractivity contribution in [2.24, 2.45) is 0 Å². The minimum absolute atomic E-state index is 0.307. The van der Waals surface area contributed by atoms with E-state index in [1.54, 1.807) is 43.5 Å². The SMILES string of the molecule is COCc1ccc(C=O)cc1-c1ccccc1F. The van der Waals surface area contributed by atoms with Gasteiger partial charge >= 0.3 is 0 Å². The number of carbonyl (C=O) groups is 1. The summed E-state index contributed by atoms with van der Waals surface area (Å²) in [7, 11) is 1.58. The van der Waals surface area contributed by atoms with Crippen molar-refractivity contribution >= 4 is 6.29 Å². The van der Waals surface area contributed by atoms with Crippen molar-refractivity contribution in [1.29, 1.82) is 0 Å². The van der Waals surface area contributed by atoms with Gasteiger partial charge in [0, 0.05) is 18.2 Å². The molecule has 0 atom stereocenters. The molecule has 2 aromatic rings. The molecule has 0 fully saturated rings. The fourth-order valence-corrected chi connectivity index (χ4v) is 1.88. The molecule has 0 aromatic heterocycles. The molecule has 0 heterocycles. The third-order valence-corrected chi connectivity index (χ3v) is 2.73. The highest BCUT2D eigenvalue weighted by Crippen LogP contribution is 2.27. The van der Waals surface area contributed by atoms with Crippen molar-refractivity contribution in [2.45, 2.75) is 6.61 Å². The van der Waals surface area contributed by atoms with Crippen LogP contribution in [0.1, 0.15) is 15.9 Å². The molecule has 2 rings (SSSR count). The molecule has 0 saturated heterocycles. The Bertz CT molecular complexity index is 564. The monoisotopic (exact) mass is 244 g/mol. The van der Waals surface area contributed by atoms with Crippen molar-refractivity contribution in [3.63, 3.8) is 0 Å². The zero-order chi connectivity index (χ0) is 13.0. The average Bonchev–Trinajstić information content (AvgIpc) is 2.40. The van der Waals surface area contributed by atoms with Gasteiger partial charge in [-0.2, -0.15) is 0 Å². The largest absolute Gasteiger partial charge is 0.380 e. The van der Waals surface area contributed by atoms with Gasteiger partial charge in [-0.15, -0.1) is 0 Å². The van der Waals surface area contributed by atoms with E-state index in [-0.39, 0.29) is 5.82 Å². The van der Waals surface area contributed by atoms with Gasteiger partial charge in [0.15, 0.2) is 0 Å². The molecule has 0 aliphatic carbocycles. The van der Waals surface area contributed by atoms with Crippen LogP contribution in [0.2, 0.25) is 0 Å². The van der Waals surface area contributed by atoms with Gasteiger partial charge in [0.2, 0.25) is 0 Å². The molecule has 92 valence electrons. The summed E-state index contributed by atoms with van der Waals surface area (Å²) in [5.41, 5.74) is 2.55. The van der Waals surface area contributed by atoms with Crippen molar-refractivity contribution in [3.8, 4) is 11.1 Å². The standard InChI is InChI=1S/C15H13FO2/c1-18-10-12-7-6-11(9-17)8-14(12)13-4-2-3-5-15(13)16/h2-9H,10H2,1H3. The number of carbonyl (C=O) groups excluding carboxylic acids is 1. The van der Waals surface area contributed by atoms with E-state index in [0.717, 1.165) is 11.8 Å². The highest BCUT2D eigenvalue weighted by atomic mass is 19.1. The van der Waals surface area contributed by atoms with Crippen LogP contribution < -0.4 is 0 Å². The zero-order valence-corrected chi connectivity index (χ0v) is 10.0. The predicted molar refractivity (Wildman–Crippen MR) is 67.9 cm³/mol. The number of ether oxygens (including phenoxy) is 1. The van der Waals surface area contributed by atoms with Crippen LogP contribution in [-0.2, 0) is 11.3 Å². The van der Waals surface area contributed by atoms with Gasteiger partial charge in [0.1, 0.15) is 12.1 Å². The Morgan fingerprint density at radius 1 is 1.17 bits per heavy atom. The molecule has 0 aliphatic rings. The molecule has 3 heteroatoms. The molecule has 0 bridgehead atoms. The quantitative estimate of drug-likeness (QED) is 0.770. The Morgan fingerprint density at radius 2 is 1.94 bits per heavy atom. The fourth-order valence-electron chi connectivity index (χ4n) is 1.88. The molecule has 18 heavy (non-hydrogen) atoms. The van der Waals surface area contributed by atoms with E-state index in [9.17, 15) is 9.18 Å². The number of rotatable bonds is 4. The zero-order valence-electron chi connectivity index (χ0n) is 10.0. The summed E-state index contributed by atoms with van der Waals surface area (Å²) < 4.78 is 18.9. The molecular weight excluding hydrogens is 231 g/mol. The van der Waals surface area contributed by atoms with Gasteiger partial charge in [0.05, 0.1) is 6.61 Å². The van der Waals surface area contributed by atoms with E-state index in [2.05, 4.69) is 0 Å². The third-order valence-electron chi connectivity index (χ3n) is 2.73. The van der Waals surface area contributed by atoms with Gasteiger partial charge in [0.25, 0.3) is 0 Å². The van der Waals surface area contributed by atoms with Gasteiger partial charge < -0.3 is 4.74 Å². The van der Waals surface area contributed by atoms with E-state index in [4.69, 9.17) is 4.74 Å². The second kappa shape index (κ2) is 5.56. The maximum Gasteiger partial charge on any atom is 0.150 e. The number of hydrogen-bond donors (Lipinski definition) is 0. The van der Waals surface area contributed by atoms with Crippen LogP contribution in [-0.4, -0.2) is 13.4 Å². The third kappa shape index (κ3) is 2.46. The lowest BCUT2D eigenvalue weighted by atomic mass is 9.97. The lowest BCUT2D eigenvalue weighted by Crippen LogP contribution is -1.95. The Kier molecular flexibility index (Phi) is 3.85. The summed E-state index contributed by atoms with van der Waals surface area (Å²) in [6.45, 7) is 0.378. The average molecular weight is 244 g/mol. The summed E-state index contributed by atoms with van der Waals surface area (Å²) >= 11 is 0. The first-order valence-corrected chi connectivity index (χ1v) is 5.58. The van der Waals surface area contributed by atoms with Crippen LogP contribution in [0.3, 0.4) is 0 Å². The van der Waals surface area contributed by atoms with Crippen LogP contribution in [0, 0.1) is 5.82 Å². The maximum atomic E-state index is 13.8. The van der Waals surface area contributed by atoms with E-state index in [0.29, 0.717) is 23.3 Å². The lowest BCUT2D eigenvalue weighted by Gasteiger charge is -2.10. The van der Waals surface area contributed by atoms with E-state index < -0.39 is 0 Å². The number of benzene rings is 2. The van der Waals surface area contributed by atoms with E-state index >= 15 is 0 Å². The summed E-state index contributed by atoms with van der Waals surface area (Å²) in [6, 6.07) is 11.7. The van der Waals surface area contributed by atoms with Crippen molar-refractivity contribution in [1.82, 2.24) is 0 Å². The molecule has 0 radical (unpaired) electrons. The predicted octanol–water partition coefficient (Wildman–Crippen LogP) is 3.45. The summed E-state index contributed by atoms with van der Waals surface area (Å²) in [5, 5.41) is 0. The second-order valence-electron chi connectivity index (χ2n) is 3.95. The number of aldehydes is 1. The Hall–Kier alpha value is -2.00. The van der Waals surface area contributed by atoms with Gasteiger partial charge in [-0.1, -0.05) is 30.3 Å². The highest BCUT2D eigenvalue weighted by molar-refractivity contribution is 5.80. The highest BCUT2D eigenvalue weighted by Gasteiger charge is 2.10. The molecule has 0 spiro atoms. The number of hydrogen-bond acceptors (Lipinski definition) is 2. The molecule has 0 unspecified atom stereocenters. The topological polar surface area (TPSA) is 26.3 Å².